The number of likely N-dealkylation sites (tertiary alicyclic amines) is 1. The summed E-state index contributed by atoms with van der Waals surface area (Å²) in [6.07, 6.45) is 5.63. The van der Waals surface area contributed by atoms with E-state index >= 15 is 0 Å². The standard InChI is InChI=1S/C20H33BrN4O.HI/c1-22-20(23-11-4-7-17-6-3-8-18(21)16-17)24-19-9-13-25(14-10-19)12-5-15-26-2;/h3,6,8,16,19H,4-5,7,9-15H2,1-2H3,(H2,22,23,24);1H. The molecule has 1 aliphatic rings. The predicted octanol–water partition coefficient (Wildman–Crippen LogP) is 3.67. The molecule has 0 unspecified atom stereocenters. The number of methoxy groups -OCH3 is 1. The van der Waals surface area contributed by atoms with Crippen molar-refractivity contribution >= 4 is 45.9 Å². The second-order valence-corrected chi connectivity index (χ2v) is 7.75. The van der Waals surface area contributed by atoms with Gasteiger partial charge in [0, 0.05) is 57.5 Å². The van der Waals surface area contributed by atoms with Crippen LogP contribution < -0.4 is 10.6 Å². The van der Waals surface area contributed by atoms with E-state index < -0.39 is 0 Å². The fourth-order valence-electron chi connectivity index (χ4n) is 3.31. The average Bonchev–Trinajstić information content (AvgIpc) is 2.66. The lowest BCUT2D eigenvalue weighted by molar-refractivity contribution is 0.155. The predicted molar refractivity (Wildman–Crippen MR) is 128 cm³/mol. The number of aliphatic imine (C=N–C) groups is 1. The molecule has 0 amide bonds. The summed E-state index contributed by atoms with van der Waals surface area (Å²) in [5, 5.41) is 7.03. The molecule has 0 saturated carbocycles. The van der Waals surface area contributed by atoms with Crippen LogP contribution in [0.15, 0.2) is 33.7 Å². The van der Waals surface area contributed by atoms with Crippen LogP contribution in [-0.2, 0) is 11.2 Å². The zero-order valence-electron chi connectivity index (χ0n) is 16.5. The highest BCUT2D eigenvalue weighted by Crippen LogP contribution is 2.13. The molecule has 1 saturated heterocycles. The molecule has 0 atom stereocenters. The van der Waals surface area contributed by atoms with Crippen LogP contribution in [0.5, 0.6) is 0 Å². The van der Waals surface area contributed by atoms with E-state index in [2.05, 4.69) is 60.7 Å². The molecule has 1 aromatic rings. The monoisotopic (exact) mass is 552 g/mol. The number of guanidine groups is 1. The Labute approximate surface area is 189 Å². The van der Waals surface area contributed by atoms with Gasteiger partial charge in [-0.25, -0.2) is 0 Å². The van der Waals surface area contributed by atoms with Crippen molar-refractivity contribution in [2.24, 2.45) is 4.99 Å². The molecule has 2 rings (SSSR count). The van der Waals surface area contributed by atoms with Crippen LogP contribution in [0.2, 0.25) is 0 Å². The topological polar surface area (TPSA) is 48.9 Å². The molecular weight excluding hydrogens is 519 g/mol. The van der Waals surface area contributed by atoms with Gasteiger partial charge in [0.25, 0.3) is 0 Å². The lowest BCUT2D eigenvalue weighted by atomic mass is 10.1. The number of hydrogen-bond donors (Lipinski definition) is 2. The van der Waals surface area contributed by atoms with Crippen LogP contribution in [0.25, 0.3) is 0 Å². The average molecular weight is 553 g/mol. The van der Waals surface area contributed by atoms with E-state index in [0.717, 1.165) is 62.5 Å². The Balaban J connectivity index is 0.00000364. The van der Waals surface area contributed by atoms with E-state index in [9.17, 15) is 0 Å². The van der Waals surface area contributed by atoms with Gasteiger partial charge < -0.3 is 20.3 Å². The number of hydrogen-bond acceptors (Lipinski definition) is 3. The molecule has 0 aliphatic carbocycles. The van der Waals surface area contributed by atoms with E-state index in [1.165, 1.54) is 18.4 Å². The van der Waals surface area contributed by atoms with Gasteiger partial charge in [0.2, 0.25) is 0 Å². The van der Waals surface area contributed by atoms with Gasteiger partial charge in [-0.05, 0) is 49.8 Å². The van der Waals surface area contributed by atoms with Crippen LogP contribution in [0.1, 0.15) is 31.2 Å². The molecule has 0 bridgehead atoms. The van der Waals surface area contributed by atoms with E-state index in [1.807, 2.05) is 7.05 Å². The maximum absolute atomic E-state index is 5.14. The van der Waals surface area contributed by atoms with Gasteiger partial charge in [0.1, 0.15) is 0 Å². The first kappa shape index (κ1) is 24.7. The lowest BCUT2D eigenvalue weighted by Gasteiger charge is -2.33. The minimum atomic E-state index is 0. The van der Waals surface area contributed by atoms with Gasteiger partial charge >= 0.3 is 0 Å². The molecule has 154 valence electrons. The summed E-state index contributed by atoms with van der Waals surface area (Å²) in [7, 11) is 3.62. The number of piperidine rings is 1. The number of aryl methyl sites for hydroxylation is 1. The first-order chi connectivity index (χ1) is 12.7. The zero-order valence-corrected chi connectivity index (χ0v) is 20.5. The largest absolute Gasteiger partial charge is 0.385 e. The van der Waals surface area contributed by atoms with E-state index in [1.54, 1.807) is 7.11 Å². The minimum absolute atomic E-state index is 0. The third-order valence-corrected chi connectivity index (χ3v) is 5.29. The summed E-state index contributed by atoms with van der Waals surface area (Å²) in [5.74, 6) is 0.928. The highest BCUT2D eigenvalue weighted by atomic mass is 127. The zero-order chi connectivity index (χ0) is 18.6. The highest BCUT2D eigenvalue weighted by molar-refractivity contribution is 14.0. The van der Waals surface area contributed by atoms with Crippen LogP contribution in [0.3, 0.4) is 0 Å². The fourth-order valence-corrected chi connectivity index (χ4v) is 3.76. The van der Waals surface area contributed by atoms with Gasteiger partial charge in [0.05, 0.1) is 0 Å². The van der Waals surface area contributed by atoms with Crippen molar-refractivity contribution in [1.82, 2.24) is 15.5 Å². The third kappa shape index (κ3) is 10.1. The first-order valence-electron chi connectivity index (χ1n) is 9.64. The molecule has 7 heteroatoms. The summed E-state index contributed by atoms with van der Waals surface area (Å²) in [4.78, 5) is 6.91. The van der Waals surface area contributed by atoms with Crippen molar-refractivity contribution in [2.45, 2.75) is 38.1 Å². The van der Waals surface area contributed by atoms with Crippen molar-refractivity contribution < 1.29 is 4.74 Å². The second-order valence-electron chi connectivity index (χ2n) is 6.84. The summed E-state index contributed by atoms with van der Waals surface area (Å²) in [6, 6.07) is 9.04. The van der Waals surface area contributed by atoms with Gasteiger partial charge in [-0.1, -0.05) is 28.1 Å². The highest BCUT2D eigenvalue weighted by Gasteiger charge is 2.19. The smallest absolute Gasteiger partial charge is 0.191 e. The van der Waals surface area contributed by atoms with Gasteiger partial charge in [0.15, 0.2) is 5.96 Å². The lowest BCUT2D eigenvalue weighted by Crippen LogP contribution is -2.49. The van der Waals surface area contributed by atoms with Gasteiger partial charge in [-0.15, -0.1) is 24.0 Å². The molecule has 2 N–H and O–H groups in total. The van der Waals surface area contributed by atoms with Gasteiger partial charge in [-0.3, -0.25) is 4.99 Å². The van der Waals surface area contributed by atoms with Gasteiger partial charge in [-0.2, -0.15) is 0 Å². The van der Waals surface area contributed by atoms with Crippen LogP contribution in [0.4, 0.5) is 0 Å². The SMILES string of the molecule is CN=C(NCCCc1cccc(Br)c1)NC1CCN(CCCOC)CC1.I. The van der Waals surface area contributed by atoms with Crippen molar-refractivity contribution in [3.8, 4) is 0 Å². The van der Waals surface area contributed by atoms with Crippen molar-refractivity contribution in [3.63, 3.8) is 0 Å². The number of ether oxygens (including phenoxy) is 1. The summed E-state index contributed by atoms with van der Waals surface area (Å²) < 4.78 is 6.28. The van der Waals surface area contributed by atoms with Crippen molar-refractivity contribution in [3.05, 3.63) is 34.3 Å². The first-order valence-corrected chi connectivity index (χ1v) is 10.4. The Hall–Kier alpha value is -0.380. The molecular formula is C20H34BrIN4O. The Morgan fingerprint density at radius 2 is 2.07 bits per heavy atom. The molecule has 0 radical (unpaired) electrons. The molecule has 0 aromatic heterocycles. The van der Waals surface area contributed by atoms with Crippen LogP contribution in [-0.4, -0.2) is 63.8 Å². The molecule has 1 fully saturated rings. The summed E-state index contributed by atoms with van der Waals surface area (Å²) in [5.41, 5.74) is 1.37. The molecule has 1 aliphatic heterocycles. The maximum Gasteiger partial charge on any atom is 0.191 e. The number of rotatable bonds is 9. The summed E-state index contributed by atoms with van der Waals surface area (Å²) in [6.45, 7) is 5.24. The van der Waals surface area contributed by atoms with Crippen LogP contribution >= 0.6 is 39.9 Å². The number of nitrogens with zero attached hydrogens (tertiary/aromatic N) is 2. The maximum atomic E-state index is 5.14. The second kappa shape index (κ2) is 14.6. The fraction of sp³-hybridized carbons (Fsp3) is 0.650. The van der Waals surface area contributed by atoms with E-state index in [4.69, 9.17) is 4.74 Å². The Morgan fingerprint density at radius 3 is 2.74 bits per heavy atom. The molecule has 1 heterocycles. The normalized spacial score (nSPS) is 16.0. The number of nitrogens with one attached hydrogen (secondary N) is 2. The third-order valence-electron chi connectivity index (χ3n) is 4.80. The Kier molecular flexibility index (Phi) is 13.3. The minimum Gasteiger partial charge on any atom is -0.385 e. The van der Waals surface area contributed by atoms with Crippen molar-refractivity contribution in [1.29, 1.82) is 0 Å². The number of benzene rings is 1. The molecule has 1 aromatic carbocycles. The Bertz CT molecular complexity index is 551. The molecule has 5 nitrogen and oxygen atoms in total. The number of halogens is 2. The molecule has 0 spiro atoms. The summed E-state index contributed by atoms with van der Waals surface area (Å²) >= 11 is 3.53. The Morgan fingerprint density at radius 1 is 1.30 bits per heavy atom. The van der Waals surface area contributed by atoms with Crippen LogP contribution in [0, 0.1) is 0 Å². The van der Waals surface area contributed by atoms with E-state index in [-0.39, 0.29) is 24.0 Å². The quantitative estimate of drug-likeness (QED) is 0.212. The van der Waals surface area contributed by atoms with E-state index in [0.29, 0.717) is 6.04 Å². The van der Waals surface area contributed by atoms with Crippen molar-refractivity contribution in [2.75, 3.05) is 46.9 Å². The molecule has 27 heavy (non-hydrogen) atoms.